The van der Waals surface area contributed by atoms with E-state index in [0.717, 1.165) is 25.0 Å². The normalized spacial score (nSPS) is 21.0. The van der Waals surface area contributed by atoms with Crippen molar-refractivity contribution in [2.75, 3.05) is 11.9 Å². The molecule has 5 nitrogen and oxygen atoms in total. The lowest BCUT2D eigenvalue weighted by Crippen LogP contribution is -2.29. The Labute approximate surface area is 133 Å². The molecule has 2 aromatic heterocycles. The monoisotopic (exact) mass is 327 g/mol. The zero-order valence-corrected chi connectivity index (χ0v) is 13.1. The number of hydrogen-bond acceptors (Lipinski definition) is 5. The molecule has 2 heterocycles. The minimum atomic E-state index is 0. The maximum Gasteiger partial charge on any atom is 0.229 e. The molecule has 1 aliphatic rings. The van der Waals surface area contributed by atoms with E-state index in [9.17, 15) is 4.79 Å². The second-order valence-corrected chi connectivity index (χ2v) is 5.90. The molecule has 0 bridgehead atoms. The zero-order chi connectivity index (χ0) is 13.9. The number of rotatable bonds is 4. The lowest BCUT2D eigenvalue weighted by molar-refractivity contribution is -0.120. The third kappa shape index (κ3) is 3.45. The summed E-state index contributed by atoms with van der Waals surface area (Å²) >= 11 is 1.41. The van der Waals surface area contributed by atoms with Crippen LogP contribution in [-0.4, -0.2) is 17.4 Å². The molecule has 2 atom stereocenters. The Morgan fingerprint density at radius 1 is 1.52 bits per heavy atom. The van der Waals surface area contributed by atoms with Gasteiger partial charge in [0.1, 0.15) is 5.69 Å². The van der Waals surface area contributed by atoms with Gasteiger partial charge in [0.2, 0.25) is 5.91 Å². The molecule has 0 radical (unpaired) electrons. The minimum absolute atomic E-state index is 0. The Balaban J connectivity index is 0.00000161. The number of hydrogen-bond donors (Lipinski definition) is 2. The number of carbonyl (C=O) groups excluding carboxylic acids is 1. The van der Waals surface area contributed by atoms with Gasteiger partial charge in [-0.15, -0.1) is 23.7 Å². The van der Waals surface area contributed by atoms with Crippen molar-refractivity contribution in [1.29, 1.82) is 0 Å². The molecule has 3 rings (SSSR count). The van der Waals surface area contributed by atoms with E-state index in [0.29, 0.717) is 23.4 Å². The van der Waals surface area contributed by atoms with Crippen molar-refractivity contribution in [1.82, 2.24) is 4.98 Å². The van der Waals surface area contributed by atoms with Crippen LogP contribution in [0.5, 0.6) is 0 Å². The van der Waals surface area contributed by atoms with E-state index >= 15 is 0 Å². The van der Waals surface area contributed by atoms with E-state index < -0.39 is 0 Å². The van der Waals surface area contributed by atoms with E-state index in [4.69, 9.17) is 10.2 Å². The molecule has 2 aromatic rings. The highest BCUT2D eigenvalue weighted by Gasteiger charge is 2.32. The lowest BCUT2D eigenvalue weighted by Gasteiger charge is -2.16. The van der Waals surface area contributed by atoms with Crippen LogP contribution in [0.3, 0.4) is 0 Å². The maximum absolute atomic E-state index is 12.3. The fourth-order valence-corrected chi connectivity index (χ4v) is 3.43. The number of thiazole rings is 1. The molecule has 0 aliphatic heterocycles. The molecule has 0 unspecified atom stereocenters. The predicted molar refractivity (Wildman–Crippen MR) is 85.6 cm³/mol. The second-order valence-electron chi connectivity index (χ2n) is 5.04. The van der Waals surface area contributed by atoms with Crippen LogP contribution in [-0.2, 0) is 4.79 Å². The number of amides is 1. The van der Waals surface area contributed by atoms with Crippen molar-refractivity contribution >= 4 is 34.8 Å². The van der Waals surface area contributed by atoms with E-state index in [1.165, 1.54) is 11.3 Å². The SMILES string of the molecule is Cl.NC[C@H]1CCC[C@H]1C(=O)Nc1nc(-c2ccco2)cs1. The van der Waals surface area contributed by atoms with Gasteiger partial charge in [-0.05, 0) is 37.4 Å². The van der Waals surface area contributed by atoms with Crippen LogP contribution in [0.15, 0.2) is 28.2 Å². The van der Waals surface area contributed by atoms with Crippen LogP contribution in [0.25, 0.3) is 11.5 Å². The fraction of sp³-hybridized carbons (Fsp3) is 0.429. The highest BCUT2D eigenvalue weighted by Crippen LogP contribution is 2.32. The minimum Gasteiger partial charge on any atom is -0.463 e. The average Bonchev–Trinajstić information content (AvgIpc) is 3.19. The van der Waals surface area contributed by atoms with Crippen LogP contribution in [0.1, 0.15) is 19.3 Å². The summed E-state index contributed by atoms with van der Waals surface area (Å²) in [5.41, 5.74) is 6.47. The summed E-state index contributed by atoms with van der Waals surface area (Å²) in [4.78, 5) is 16.6. The first-order valence-corrected chi connectivity index (χ1v) is 7.66. The van der Waals surface area contributed by atoms with Crippen molar-refractivity contribution in [3.05, 3.63) is 23.8 Å². The first-order chi connectivity index (χ1) is 9.78. The Hall–Kier alpha value is -1.37. The molecule has 0 spiro atoms. The van der Waals surface area contributed by atoms with Gasteiger partial charge in [0.25, 0.3) is 0 Å². The van der Waals surface area contributed by atoms with Gasteiger partial charge in [0.05, 0.1) is 6.26 Å². The van der Waals surface area contributed by atoms with Crippen molar-refractivity contribution in [3.8, 4) is 11.5 Å². The third-order valence-electron chi connectivity index (χ3n) is 3.81. The van der Waals surface area contributed by atoms with Crippen LogP contribution >= 0.6 is 23.7 Å². The summed E-state index contributed by atoms with van der Waals surface area (Å²) in [7, 11) is 0. The molecule has 1 amide bonds. The molecule has 1 aliphatic carbocycles. The molecule has 3 N–H and O–H groups in total. The predicted octanol–water partition coefficient (Wildman–Crippen LogP) is 3.14. The lowest BCUT2D eigenvalue weighted by atomic mass is 9.95. The highest BCUT2D eigenvalue weighted by atomic mass is 35.5. The van der Waals surface area contributed by atoms with Crippen LogP contribution in [0.2, 0.25) is 0 Å². The number of halogens is 1. The van der Waals surface area contributed by atoms with E-state index in [2.05, 4.69) is 10.3 Å². The number of aromatic nitrogens is 1. The van der Waals surface area contributed by atoms with Gasteiger partial charge in [-0.1, -0.05) is 6.42 Å². The fourth-order valence-electron chi connectivity index (χ4n) is 2.73. The van der Waals surface area contributed by atoms with Gasteiger partial charge in [0.15, 0.2) is 10.9 Å². The summed E-state index contributed by atoms with van der Waals surface area (Å²) in [5, 5.41) is 5.40. The number of furan rings is 1. The van der Waals surface area contributed by atoms with Gasteiger partial charge >= 0.3 is 0 Å². The Morgan fingerprint density at radius 3 is 3.10 bits per heavy atom. The Bertz CT molecular complexity index is 585. The topological polar surface area (TPSA) is 81.2 Å². The number of nitrogens with one attached hydrogen (secondary N) is 1. The van der Waals surface area contributed by atoms with Gasteiger partial charge in [-0.2, -0.15) is 0 Å². The first kappa shape index (κ1) is 16.0. The molecular weight excluding hydrogens is 310 g/mol. The van der Waals surface area contributed by atoms with E-state index in [1.54, 1.807) is 6.26 Å². The molecule has 1 saturated carbocycles. The van der Waals surface area contributed by atoms with Crippen molar-refractivity contribution < 1.29 is 9.21 Å². The molecule has 21 heavy (non-hydrogen) atoms. The van der Waals surface area contributed by atoms with E-state index in [1.807, 2.05) is 17.5 Å². The third-order valence-corrected chi connectivity index (χ3v) is 4.56. The van der Waals surface area contributed by atoms with Gasteiger partial charge in [0, 0.05) is 11.3 Å². The molecule has 7 heteroatoms. The second kappa shape index (κ2) is 7.06. The van der Waals surface area contributed by atoms with Gasteiger partial charge in [-0.3, -0.25) is 4.79 Å². The van der Waals surface area contributed by atoms with Crippen LogP contribution < -0.4 is 11.1 Å². The number of nitrogens with two attached hydrogens (primary N) is 1. The van der Waals surface area contributed by atoms with Crippen molar-refractivity contribution in [2.45, 2.75) is 19.3 Å². The number of nitrogens with zero attached hydrogens (tertiary/aromatic N) is 1. The Morgan fingerprint density at radius 2 is 2.38 bits per heavy atom. The summed E-state index contributed by atoms with van der Waals surface area (Å²) in [6, 6.07) is 3.67. The maximum atomic E-state index is 12.3. The van der Waals surface area contributed by atoms with Crippen molar-refractivity contribution in [3.63, 3.8) is 0 Å². The largest absolute Gasteiger partial charge is 0.463 e. The van der Waals surface area contributed by atoms with E-state index in [-0.39, 0.29) is 24.2 Å². The first-order valence-electron chi connectivity index (χ1n) is 6.78. The van der Waals surface area contributed by atoms with Crippen LogP contribution in [0.4, 0.5) is 5.13 Å². The zero-order valence-electron chi connectivity index (χ0n) is 11.5. The Kier molecular flexibility index (Phi) is 5.39. The quantitative estimate of drug-likeness (QED) is 0.904. The number of anilines is 1. The van der Waals surface area contributed by atoms with Crippen LogP contribution in [0, 0.1) is 11.8 Å². The van der Waals surface area contributed by atoms with Crippen molar-refractivity contribution in [2.24, 2.45) is 17.6 Å². The summed E-state index contributed by atoms with van der Waals surface area (Å²) in [6.07, 6.45) is 4.65. The molecule has 0 saturated heterocycles. The summed E-state index contributed by atoms with van der Waals surface area (Å²) in [5.74, 6) is 1.08. The molecule has 0 aromatic carbocycles. The van der Waals surface area contributed by atoms with Gasteiger partial charge < -0.3 is 15.5 Å². The van der Waals surface area contributed by atoms with Gasteiger partial charge in [-0.25, -0.2) is 4.98 Å². The summed E-state index contributed by atoms with van der Waals surface area (Å²) < 4.78 is 5.29. The molecule has 1 fully saturated rings. The molecule has 114 valence electrons. The summed E-state index contributed by atoms with van der Waals surface area (Å²) in [6.45, 7) is 0.577. The molecular formula is C14H18ClN3O2S. The average molecular weight is 328 g/mol. The smallest absolute Gasteiger partial charge is 0.229 e. The number of carbonyl (C=O) groups is 1. The standard InChI is InChI=1S/C14H17N3O2S.ClH/c15-7-9-3-1-4-10(9)13(18)17-14-16-11(8-20-14)12-5-2-6-19-12;/h2,5-6,8-10H,1,3-4,7,15H2,(H,16,17,18);1H/t9-,10-;/m1./s1. The highest BCUT2D eigenvalue weighted by molar-refractivity contribution is 7.14.